The Morgan fingerprint density at radius 2 is 1.82 bits per heavy atom. The summed E-state index contributed by atoms with van der Waals surface area (Å²) in [4.78, 5) is 14.2. The Kier molecular flexibility index (Phi) is 4.31. The van der Waals surface area contributed by atoms with Gasteiger partial charge < -0.3 is 10.6 Å². The number of hydrogen-bond acceptors (Lipinski definition) is 4. The van der Waals surface area contributed by atoms with Crippen LogP contribution in [0.3, 0.4) is 0 Å². The standard InChI is InChI=1S/C21H14Cl2N4O/c22-13-5-6-15(16(23)9-13)17-18(20(26)28)27-8-7-12-3-1-2-4-14(12)19(27)21(17,10-24)11-25/h1-9,17-19H,(H2,26,28)/t17-,18-,19-/m1/s1. The molecular weight excluding hydrogens is 395 g/mol. The van der Waals surface area contributed by atoms with E-state index in [4.69, 9.17) is 28.9 Å². The van der Waals surface area contributed by atoms with E-state index in [0.717, 1.165) is 11.1 Å². The zero-order chi connectivity index (χ0) is 20.1. The molecular formula is C21H14Cl2N4O. The fraction of sp³-hybridized carbons (Fsp3) is 0.190. The van der Waals surface area contributed by atoms with E-state index in [1.54, 1.807) is 23.2 Å². The second kappa shape index (κ2) is 6.56. The zero-order valence-corrected chi connectivity index (χ0v) is 16.0. The number of amides is 1. The lowest BCUT2D eigenvalue weighted by molar-refractivity contribution is -0.122. The summed E-state index contributed by atoms with van der Waals surface area (Å²) in [6.45, 7) is 0. The molecule has 1 saturated heterocycles. The highest BCUT2D eigenvalue weighted by Crippen LogP contribution is 2.60. The Bertz CT molecular complexity index is 1080. The maximum Gasteiger partial charge on any atom is 0.240 e. The van der Waals surface area contributed by atoms with Crippen molar-refractivity contribution in [2.45, 2.75) is 18.0 Å². The first-order valence-corrected chi connectivity index (χ1v) is 9.31. The molecule has 3 atom stereocenters. The van der Waals surface area contributed by atoms with Crippen molar-refractivity contribution < 1.29 is 4.79 Å². The molecule has 1 fully saturated rings. The first-order chi connectivity index (χ1) is 13.4. The molecule has 0 radical (unpaired) electrons. The molecule has 28 heavy (non-hydrogen) atoms. The molecule has 2 aliphatic rings. The monoisotopic (exact) mass is 408 g/mol. The van der Waals surface area contributed by atoms with E-state index in [0.29, 0.717) is 10.6 Å². The van der Waals surface area contributed by atoms with Gasteiger partial charge in [0.1, 0.15) is 6.04 Å². The smallest absolute Gasteiger partial charge is 0.240 e. The van der Waals surface area contributed by atoms with Gasteiger partial charge in [0, 0.05) is 22.2 Å². The SMILES string of the molecule is N#CC1(C#N)[C@H](c2ccc(Cl)cc2Cl)[C@H](C(N)=O)N2C=Cc3ccccc3[C@@H]21. The summed E-state index contributed by atoms with van der Waals surface area (Å²) >= 11 is 12.4. The topological polar surface area (TPSA) is 93.9 Å². The second-order valence-electron chi connectivity index (χ2n) is 6.88. The number of nitriles is 2. The number of hydrogen-bond donors (Lipinski definition) is 1. The Hall–Kier alpha value is -2.99. The van der Waals surface area contributed by atoms with E-state index in [-0.39, 0.29) is 5.02 Å². The number of primary amides is 1. The van der Waals surface area contributed by atoms with Crippen molar-refractivity contribution in [3.63, 3.8) is 0 Å². The number of fused-ring (bicyclic) bond motifs is 3. The molecule has 2 aromatic carbocycles. The van der Waals surface area contributed by atoms with Crippen molar-refractivity contribution in [2.24, 2.45) is 11.1 Å². The first kappa shape index (κ1) is 18.4. The third-order valence-corrected chi connectivity index (χ3v) is 6.10. The quantitative estimate of drug-likeness (QED) is 0.811. The Balaban J connectivity index is 2.03. The van der Waals surface area contributed by atoms with E-state index in [9.17, 15) is 15.3 Å². The summed E-state index contributed by atoms with van der Waals surface area (Å²) in [6.07, 6.45) is 3.59. The van der Waals surface area contributed by atoms with E-state index in [1.165, 1.54) is 6.07 Å². The maximum atomic E-state index is 12.5. The van der Waals surface area contributed by atoms with Crippen molar-refractivity contribution in [2.75, 3.05) is 0 Å². The minimum absolute atomic E-state index is 0.288. The number of carbonyl (C=O) groups excluding carboxylic acids is 1. The van der Waals surface area contributed by atoms with Crippen molar-refractivity contribution in [3.8, 4) is 12.1 Å². The molecule has 2 N–H and O–H groups in total. The lowest BCUT2D eigenvalue weighted by Crippen LogP contribution is -2.41. The van der Waals surface area contributed by atoms with Crippen LogP contribution in [-0.4, -0.2) is 16.8 Å². The fourth-order valence-electron chi connectivity index (χ4n) is 4.42. The van der Waals surface area contributed by atoms with E-state index in [2.05, 4.69) is 12.1 Å². The Morgan fingerprint density at radius 1 is 1.11 bits per heavy atom. The molecule has 138 valence electrons. The molecule has 4 rings (SSSR count). The number of rotatable bonds is 2. The highest BCUT2D eigenvalue weighted by atomic mass is 35.5. The first-order valence-electron chi connectivity index (χ1n) is 8.56. The van der Waals surface area contributed by atoms with Crippen LogP contribution in [0.15, 0.2) is 48.7 Å². The number of halogens is 2. The summed E-state index contributed by atoms with van der Waals surface area (Å²) in [5.74, 6) is -1.47. The highest BCUT2D eigenvalue weighted by Gasteiger charge is 2.63. The number of nitrogens with zero attached hydrogens (tertiary/aromatic N) is 3. The molecule has 1 amide bonds. The largest absolute Gasteiger partial charge is 0.368 e. The van der Waals surface area contributed by atoms with Gasteiger partial charge in [-0.05, 0) is 34.9 Å². The minimum atomic E-state index is -1.57. The Labute approximate surface area is 172 Å². The van der Waals surface area contributed by atoms with Crippen LogP contribution in [0.4, 0.5) is 0 Å². The molecule has 2 aliphatic heterocycles. The van der Waals surface area contributed by atoms with Crippen LogP contribution in [-0.2, 0) is 4.79 Å². The number of benzene rings is 2. The van der Waals surface area contributed by atoms with Crippen LogP contribution >= 0.6 is 23.2 Å². The van der Waals surface area contributed by atoms with E-state index in [1.807, 2.05) is 30.3 Å². The molecule has 2 aromatic rings. The molecule has 0 spiro atoms. The third-order valence-electron chi connectivity index (χ3n) is 5.53. The van der Waals surface area contributed by atoms with Gasteiger partial charge in [-0.25, -0.2) is 0 Å². The molecule has 7 heteroatoms. The predicted molar refractivity (Wildman–Crippen MR) is 106 cm³/mol. The summed E-state index contributed by atoms with van der Waals surface area (Å²) in [5, 5.41) is 21.1. The van der Waals surface area contributed by atoms with Crippen molar-refractivity contribution >= 4 is 35.2 Å². The van der Waals surface area contributed by atoms with Crippen LogP contribution in [0.1, 0.15) is 28.7 Å². The van der Waals surface area contributed by atoms with Crippen molar-refractivity contribution in [3.05, 3.63) is 75.4 Å². The zero-order valence-electron chi connectivity index (χ0n) is 14.5. The average molecular weight is 409 g/mol. The highest BCUT2D eigenvalue weighted by molar-refractivity contribution is 6.35. The third kappa shape index (κ3) is 2.41. The fourth-order valence-corrected chi connectivity index (χ4v) is 4.94. The summed E-state index contributed by atoms with van der Waals surface area (Å²) < 4.78 is 0. The van der Waals surface area contributed by atoms with Gasteiger partial charge in [0.2, 0.25) is 5.91 Å². The molecule has 0 unspecified atom stereocenters. The van der Waals surface area contributed by atoms with Crippen molar-refractivity contribution in [1.29, 1.82) is 10.5 Å². The van der Waals surface area contributed by atoms with Crippen molar-refractivity contribution in [1.82, 2.24) is 4.90 Å². The maximum absolute atomic E-state index is 12.5. The average Bonchev–Trinajstić information content (AvgIpc) is 2.99. The normalized spacial score (nSPS) is 24.0. The van der Waals surface area contributed by atoms with Gasteiger partial charge in [-0.1, -0.05) is 53.5 Å². The lowest BCUT2D eigenvalue weighted by atomic mass is 9.68. The number of nitrogens with two attached hydrogens (primary N) is 1. The summed E-state index contributed by atoms with van der Waals surface area (Å²) in [6, 6.07) is 15.2. The molecule has 5 nitrogen and oxygen atoms in total. The van der Waals surface area contributed by atoms with Crippen LogP contribution in [0.25, 0.3) is 6.08 Å². The van der Waals surface area contributed by atoms with Gasteiger partial charge in [-0.3, -0.25) is 4.79 Å². The van der Waals surface area contributed by atoms with Gasteiger partial charge >= 0.3 is 0 Å². The van der Waals surface area contributed by atoms with E-state index >= 15 is 0 Å². The molecule has 0 aromatic heterocycles. The molecule has 0 saturated carbocycles. The van der Waals surface area contributed by atoms with Gasteiger partial charge in [-0.2, -0.15) is 10.5 Å². The second-order valence-corrected chi connectivity index (χ2v) is 7.72. The predicted octanol–water partition coefficient (Wildman–Crippen LogP) is 4.01. The lowest BCUT2D eigenvalue weighted by Gasteiger charge is -2.34. The summed E-state index contributed by atoms with van der Waals surface area (Å²) in [5.41, 5.74) is 6.38. The Morgan fingerprint density at radius 3 is 2.46 bits per heavy atom. The summed E-state index contributed by atoms with van der Waals surface area (Å²) in [7, 11) is 0. The van der Waals surface area contributed by atoms with Gasteiger partial charge in [0.25, 0.3) is 0 Å². The van der Waals surface area contributed by atoms with Crippen LogP contribution in [0.5, 0.6) is 0 Å². The van der Waals surface area contributed by atoms with Crippen LogP contribution < -0.4 is 5.73 Å². The molecule has 0 bridgehead atoms. The van der Waals surface area contributed by atoms with E-state index < -0.39 is 29.3 Å². The number of carbonyl (C=O) groups is 1. The minimum Gasteiger partial charge on any atom is -0.368 e. The van der Waals surface area contributed by atoms with Gasteiger partial charge in [0.15, 0.2) is 5.41 Å². The van der Waals surface area contributed by atoms with Gasteiger partial charge in [0.05, 0.1) is 18.2 Å². The van der Waals surface area contributed by atoms with Crippen LogP contribution in [0, 0.1) is 28.1 Å². The molecule has 2 heterocycles. The van der Waals surface area contributed by atoms with Gasteiger partial charge in [-0.15, -0.1) is 0 Å². The van der Waals surface area contributed by atoms with Crippen LogP contribution in [0.2, 0.25) is 10.0 Å². The molecule has 0 aliphatic carbocycles.